The van der Waals surface area contributed by atoms with Gasteiger partial charge in [0.25, 0.3) is 0 Å². The second kappa shape index (κ2) is 7.56. The Bertz CT molecular complexity index is 609. The summed E-state index contributed by atoms with van der Waals surface area (Å²) in [4.78, 5) is 29.7. The minimum atomic E-state index is -0.578. The van der Waals surface area contributed by atoms with Crippen molar-refractivity contribution in [2.45, 2.75) is 32.1 Å². The van der Waals surface area contributed by atoms with Crippen molar-refractivity contribution in [1.82, 2.24) is 9.80 Å². The van der Waals surface area contributed by atoms with Gasteiger partial charge in [-0.1, -0.05) is 30.3 Å². The third kappa shape index (κ3) is 3.87. The molecule has 1 unspecified atom stereocenters. The van der Waals surface area contributed by atoms with Crippen LogP contribution in [0.1, 0.15) is 32.3 Å². The summed E-state index contributed by atoms with van der Waals surface area (Å²) in [5.74, 6) is 0.207. The van der Waals surface area contributed by atoms with Gasteiger partial charge in [-0.3, -0.25) is 9.59 Å². The number of hydrogen-bond acceptors (Lipinski definition) is 3. The molecule has 0 N–H and O–H groups in total. The third-order valence-corrected chi connectivity index (χ3v) is 5.41. The van der Waals surface area contributed by atoms with Crippen LogP contribution >= 0.6 is 0 Å². The van der Waals surface area contributed by atoms with Gasteiger partial charge < -0.3 is 14.5 Å². The van der Waals surface area contributed by atoms with Gasteiger partial charge in [0.1, 0.15) is 0 Å². The summed E-state index contributed by atoms with van der Waals surface area (Å²) in [6.07, 6.45) is 1.75. The molecule has 1 atom stereocenters. The van der Waals surface area contributed by atoms with E-state index < -0.39 is 5.41 Å². The van der Waals surface area contributed by atoms with E-state index in [1.165, 1.54) is 0 Å². The van der Waals surface area contributed by atoms with Gasteiger partial charge in [-0.05, 0) is 32.3 Å². The molecule has 2 heterocycles. The Morgan fingerprint density at radius 1 is 1.04 bits per heavy atom. The Morgan fingerprint density at radius 3 is 2.40 bits per heavy atom. The summed E-state index contributed by atoms with van der Waals surface area (Å²) < 4.78 is 5.33. The Kier molecular flexibility index (Phi) is 5.42. The van der Waals surface area contributed by atoms with E-state index in [0.717, 1.165) is 24.9 Å². The zero-order valence-corrected chi connectivity index (χ0v) is 15.2. The standard InChI is InChI=1S/C20H28N2O3/c1-20(2,17-8-4-3-5-9-17)19(24)22-10-6-7-16(15-22)18(23)21-11-13-25-14-12-21/h3-5,8-9,16H,6-7,10-15H2,1-2H3. The van der Waals surface area contributed by atoms with E-state index >= 15 is 0 Å². The van der Waals surface area contributed by atoms with E-state index in [0.29, 0.717) is 32.8 Å². The summed E-state index contributed by atoms with van der Waals surface area (Å²) in [6, 6.07) is 9.88. The number of amides is 2. The van der Waals surface area contributed by atoms with E-state index in [2.05, 4.69) is 0 Å². The minimum Gasteiger partial charge on any atom is -0.378 e. The molecule has 0 bridgehead atoms. The maximum absolute atomic E-state index is 13.1. The number of ether oxygens (including phenoxy) is 1. The smallest absolute Gasteiger partial charge is 0.232 e. The molecule has 136 valence electrons. The van der Waals surface area contributed by atoms with Crippen molar-refractivity contribution < 1.29 is 14.3 Å². The van der Waals surface area contributed by atoms with Crippen LogP contribution in [0.15, 0.2) is 30.3 Å². The minimum absolute atomic E-state index is 0.0811. The third-order valence-electron chi connectivity index (χ3n) is 5.41. The molecule has 0 saturated carbocycles. The highest BCUT2D eigenvalue weighted by atomic mass is 16.5. The first-order chi connectivity index (χ1) is 12.0. The highest BCUT2D eigenvalue weighted by molar-refractivity contribution is 5.88. The summed E-state index contributed by atoms with van der Waals surface area (Å²) in [7, 11) is 0. The van der Waals surface area contributed by atoms with Crippen molar-refractivity contribution in [3.63, 3.8) is 0 Å². The lowest BCUT2D eigenvalue weighted by molar-refractivity contribution is -0.145. The van der Waals surface area contributed by atoms with Crippen molar-refractivity contribution in [3.05, 3.63) is 35.9 Å². The molecule has 2 amide bonds. The number of likely N-dealkylation sites (tertiary alicyclic amines) is 1. The quantitative estimate of drug-likeness (QED) is 0.843. The average Bonchev–Trinajstić information content (AvgIpc) is 2.68. The molecule has 2 aliphatic rings. The van der Waals surface area contributed by atoms with Crippen molar-refractivity contribution in [2.24, 2.45) is 5.92 Å². The number of morpholine rings is 1. The number of carbonyl (C=O) groups excluding carboxylic acids is 2. The first-order valence-corrected chi connectivity index (χ1v) is 9.21. The van der Waals surface area contributed by atoms with Crippen LogP contribution in [0.5, 0.6) is 0 Å². The zero-order valence-electron chi connectivity index (χ0n) is 15.2. The van der Waals surface area contributed by atoms with Crippen molar-refractivity contribution >= 4 is 11.8 Å². The lowest BCUT2D eigenvalue weighted by Gasteiger charge is -2.39. The molecule has 5 nitrogen and oxygen atoms in total. The van der Waals surface area contributed by atoms with Gasteiger partial charge in [-0.25, -0.2) is 0 Å². The lowest BCUT2D eigenvalue weighted by Crippen LogP contribution is -2.52. The molecule has 25 heavy (non-hydrogen) atoms. The molecule has 0 spiro atoms. The van der Waals surface area contributed by atoms with Crippen LogP contribution in [0.4, 0.5) is 0 Å². The normalized spacial score (nSPS) is 21.9. The van der Waals surface area contributed by atoms with E-state index in [1.807, 2.05) is 54.0 Å². The van der Waals surface area contributed by atoms with Crippen LogP contribution in [0.25, 0.3) is 0 Å². The maximum Gasteiger partial charge on any atom is 0.232 e. The van der Waals surface area contributed by atoms with Gasteiger partial charge in [0.2, 0.25) is 11.8 Å². The molecule has 1 aromatic carbocycles. The highest BCUT2D eigenvalue weighted by Gasteiger charge is 2.38. The number of rotatable bonds is 3. The molecule has 0 aromatic heterocycles. The Labute approximate surface area is 149 Å². The fraction of sp³-hybridized carbons (Fsp3) is 0.600. The van der Waals surface area contributed by atoms with Gasteiger partial charge in [-0.15, -0.1) is 0 Å². The fourth-order valence-corrected chi connectivity index (χ4v) is 3.78. The highest BCUT2D eigenvalue weighted by Crippen LogP contribution is 2.28. The van der Waals surface area contributed by atoms with Gasteiger partial charge in [0.05, 0.1) is 24.5 Å². The number of piperidine rings is 1. The molecule has 5 heteroatoms. The van der Waals surface area contributed by atoms with E-state index in [9.17, 15) is 9.59 Å². The number of hydrogen-bond donors (Lipinski definition) is 0. The second-order valence-electron chi connectivity index (χ2n) is 7.52. The monoisotopic (exact) mass is 344 g/mol. The van der Waals surface area contributed by atoms with Crippen molar-refractivity contribution in [3.8, 4) is 0 Å². The second-order valence-corrected chi connectivity index (χ2v) is 7.52. The summed E-state index contributed by atoms with van der Waals surface area (Å²) in [6.45, 7) is 7.77. The Balaban J connectivity index is 1.68. The fourth-order valence-electron chi connectivity index (χ4n) is 3.78. The molecular formula is C20H28N2O3. The van der Waals surface area contributed by atoms with Crippen LogP contribution in [-0.4, -0.2) is 61.0 Å². The molecule has 2 saturated heterocycles. The zero-order chi connectivity index (χ0) is 17.9. The number of benzene rings is 1. The van der Waals surface area contributed by atoms with Crippen LogP contribution in [-0.2, 0) is 19.7 Å². The molecular weight excluding hydrogens is 316 g/mol. The molecule has 3 rings (SSSR count). The predicted octanol–water partition coefficient (Wildman–Crippen LogP) is 2.06. The molecule has 2 aliphatic heterocycles. The topological polar surface area (TPSA) is 49.9 Å². The Hall–Kier alpha value is -1.88. The van der Waals surface area contributed by atoms with Crippen LogP contribution in [0.3, 0.4) is 0 Å². The Morgan fingerprint density at radius 2 is 1.72 bits per heavy atom. The molecule has 0 aliphatic carbocycles. The van der Waals surface area contributed by atoms with Gasteiger partial charge in [-0.2, -0.15) is 0 Å². The molecule has 0 radical (unpaired) electrons. The summed E-state index contributed by atoms with van der Waals surface area (Å²) in [5.41, 5.74) is 0.437. The first-order valence-electron chi connectivity index (χ1n) is 9.21. The predicted molar refractivity (Wildman–Crippen MR) is 96.2 cm³/mol. The van der Waals surface area contributed by atoms with Gasteiger partial charge in [0.15, 0.2) is 0 Å². The van der Waals surface area contributed by atoms with Crippen molar-refractivity contribution in [2.75, 3.05) is 39.4 Å². The summed E-state index contributed by atoms with van der Waals surface area (Å²) >= 11 is 0. The van der Waals surface area contributed by atoms with E-state index in [-0.39, 0.29) is 17.7 Å². The number of nitrogens with zero attached hydrogens (tertiary/aromatic N) is 2. The van der Waals surface area contributed by atoms with Gasteiger partial charge >= 0.3 is 0 Å². The molecule has 1 aromatic rings. The average molecular weight is 344 g/mol. The first kappa shape index (κ1) is 17.9. The lowest BCUT2D eigenvalue weighted by atomic mass is 9.82. The van der Waals surface area contributed by atoms with Crippen molar-refractivity contribution in [1.29, 1.82) is 0 Å². The van der Waals surface area contributed by atoms with E-state index in [1.54, 1.807) is 0 Å². The largest absolute Gasteiger partial charge is 0.378 e. The maximum atomic E-state index is 13.1. The molecule has 2 fully saturated rings. The van der Waals surface area contributed by atoms with Gasteiger partial charge in [0, 0.05) is 26.2 Å². The summed E-state index contributed by atoms with van der Waals surface area (Å²) in [5, 5.41) is 0. The SMILES string of the molecule is CC(C)(C(=O)N1CCCC(C(=O)N2CCOCC2)C1)c1ccccc1. The van der Waals surface area contributed by atoms with E-state index in [4.69, 9.17) is 4.74 Å². The van der Waals surface area contributed by atoms with Crippen LogP contribution in [0.2, 0.25) is 0 Å². The van der Waals surface area contributed by atoms with Crippen LogP contribution in [0, 0.1) is 5.92 Å². The number of carbonyl (C=O) groups is 2. The van der Waals surface area contributed by atoms with Crippen LogP contribution < -0.4 is 0 Å².